The fourth-order valence-corrected chi connectivity index (χ4v) is 7.12. The fourth-order valence-electron chi connectivity index (χ4n) is 7.12. The molecule has 7 aromatic carbocycles. The van der Waals surface area contributed by atoms with Gasteiger partial charge in [-0.2, -0.15) is 0 Å². The van der Waals surface area contributed by atoms with Crippen LogP contribution in [-0.2, 0) is 0 Å². The van der Waals surface area contributed by atoms with Crippen molar-refractivity contribution in [1.82, 2.24) is 0 Å². The summed E-state index contributed by atoms with van der Waals surface area (Å²) in [5.41, 5.74) is 9.84. The monoisotopic (exact) mass is 615 g/mol. The second-order valence-electron chi connectivity index (χ2n) is 12.4. The van der Waals surface area contributed by atoms with Crippen LogP contribution in [0.15, 0.2) is 182 Å². The lowest BCUT2D eigenvalue weighted by atomic mass is 9.86. The molecule has 0 bridgehead atoms. The van der Waals surface area contributed by atoms with Crippen molar-refractivity contribution in [2.24, 2.45) is 0 Å². The third-order valence-electron chi connectivity index (χ3n) is 9.41. The van der Waals surface area contributed by atoms with Crippen LogP contribution in [-0.4, -0.2) is 6.04 Å². The molecule has 0 aliphatic heterocycles. The normalized spacial score (nSPS) is 14.5. The van der Waals surface area contributed by atoms with Gasteiger partial charge in [-0.05, 0) is 92.0 Å². The van der Waals surface area contributed by atoms with Crippen molar-refractivity contribution in [2.45, 2.75) is 18.9 Å². The zero-order valence-corrected chi connectivity index (χ0v) is 26.9. The van der Waals surface area contributed by atoms with E-state index in [0.29, 0.717) is 6.04 Å². The highest BCUT2D eigenvalue weighted by atomic mass is 15.2. The van der Waals surface area contributed by atoms with E-state index in [9.17, 15) is 0 Å². The number of nitrogens with zero attached hydrogens (tertiary/aromatic N) is 1. The highest BCUT2D eigenvalue weighted by molar-refractivity contribution is 6.21. The van der Waals surface area contributed by atoms with Gasteiger partial charge in [0.15, 0.2) is 0 Å². The van der Waals surface area contributed by atoms with E-state index >= 15 is 0 Å². The maximum atomic E-state index is 2.45. The van der Waals surface area contributed by atoms with Crippen molar-refractivity contribution in [3.8, 4) is 22.3 Å². The average Bonchev–Trinajstić information content (AvgIpc) is 3.44. The minimum Gasteiger partial charge on any atom is -0.335 e. The molecule has 48 heavy (non-hydrogen) atoms. The van der Waals surface area contributed by atoms with Crippen LogP contribution in [0.2, 0.25) is 0 Å². The molecule has 0 aromatic heterocycles. The lowest BCUT2D eigenvalue weighted by molar-refractivity contribution is 0.713. The van der Waals surface area contributed by atoms with Gasteiger partial charge in [-0.15, -0.1) is 0 Å². The summed E-state index contributed by atoms with van der Waals surface area (Å²) in [5, 5.41) is 5.11. The molecule has 1 aliphatic carbocycles. The van der Waals surface area contributed by atoms with E-state index in [4.69, 9.17) is 0 Å². The highest BCUT2D eigenvalue weighted by Gasteiger charge is 2.19. The molecule has 230 valence electrons. The molecule has 7 aromatic rings. The molecule has 0 heterocycles. The summed E-state index contributed by atoms with van der Waals surface area (Å²) in [4.78, 5) is 2.45. The number of hydrogen-bond donors (Lipinski definition) is 0. The second-order valence-corrected chi connectivity index (χ2v) is 12.4. The molecule has 0 spiro atoms. The largest absolute Gasteiger partial charge is 0.335 e. The Balaban J connectivity index is 1.09. The minimum atomic E-state index is 0.311. The molecular formula is C47H37N. The molecule has 0 saturated heterocycles. The molecule has 0 radical (unpaired) electrons. The first kappa shape index (κ1) is 29.5. The molecule has 1 aliphatic rings. The van der Waals surface area contributed by atoms with E-state index in [1.165, 1.54) is 66.3 Å². The molecular weight excluding hydrogens is 579 g/mol. The summed E-state index contributed by atoms with van der Waals surface area (Å²) in [7, 11) is 0. The Hall–Kier alpha value is -5.92. The van der Waals surface area contributed by atoms with Crippen molar-refractivity contribution < 1.29 is 0 Å². The van der Waals surface area contributed by atoms with Gasteiger partial charge in [-0.25, -0.2) is 0 Å². The molecule has 0 fully saturated rings. The number of rotatable bonds is 7. The topological polar surface area (TPSA) is 3.24 Å². The molecule has 0 N–H and O–H groups in total. The van der Waals surface area contributed by atoms with E-state index in [-0.39, 0.29) is 0 Å². The summed E-state index contributed by atoms with van der Waals surface area (Å²) in [5.74, 6) is 0. The quantitative estimate of drug-likeness (QED) is 0.127. The Morgan fingerprint density at radius 3 is 1.46 bits per heavy atom. The SMILES string of the molecule is C1=CCCC(N(c2ccccc2)c2ccc(C=Cc3ccc(-c4c5ccccc5c(-c5ccccc5)c5ccccc45)cc3)cc2)C=C1. The van der Waals surface area contributed by atoms with Crippen molar-refractivity contribution in [3.05, 3.63) is 193 Å². The summed E-state index contributed by atoms with van der Waals surface area (Å²) >= 11 is 0. The van der Waals surface area contributed by atoms with Gasteiger partial charge in [0.1, 0.15) is 0 Å². The Morgan fingerprint density at radius 1 is 0.438 bits per heavy atom. The summed E-state index contributed by atoms with van der Waals surface area (Å²) < 4.78 is 0. The number of hydrogen-bond acceptors (Lipinski definition) is 1. The Bertz CT molecular complexity index is 2200. The second kappa shape index (κ2) is 13.4. The van der Waals surface area contributed by atoms with Crippen molar-refractivity contribution >= 4 is 45.1 Å². The number of fused-ring (bicyclic) bond motifs is 2. The van der Waals surface area contributed by atoms with Crippen molar-refractivity contribution in [2.75, 3.05) is 4.90 Å². The fraction of sp³-hybridized carbons (Fsp3) is 0.0638. The third kappa shape index (κ3) is 5.87. The van der Waals surface area contributed by atoms with Gasteiger partial charge in [0, 0.05) is 11.4 Å². The molecule has 1 nitrogen and oxygen atoms in total. The van der Waals surface area contributed by atoms with Crippen LogP contribution < -0.4 is 4.90 Å². The maximum absolute atomic E-state index is 2.45. The number of anilines is 2. The Morgan fingerprint density at radius 2 is 0.896 bits per heavy atom. The average molecular weight is 616 g/mol. The molecule has 1 heteroatoms. The van der Waals surface area contributed by atoms with E-state index in [2.05, 4.69) is 199 Å². The summed E-state index contributed by atoms with van der Waals surface area (Å²) in [6.45, 7) is 0. The van der Waals surface area contributed by atoms with Gasteiger partial charge in [-0.3, -0.25) is 0 Å². The maximum Gasteiger partial charge on any atom is 0.0528 e. The standard InChI is InChI=1S/C47H37N/c1-2-8-18-39(17-7-1)48(40-19-9-4-10-20-40)41-33-29-36(30-34-41)26-25-35-27-31-38(32-28-35)47-44-23-13-11-21-42(44)46(37-15-5-3-6-16-37)43-22-12-14-24-45(43)47/h1-7,9-17,19-34,39H,8,18H2. The van der Waals surface area contributed by atoms with Crippen molar-refractivity contribution in [1.29, 1.82) is 0 Å². The van der Waals surface area contributed by atoms with Gasteiger partial charge in [0.25, 0.3) is 0 Å². The number of para-hydroxylation sites is 1. The van der Waals surface area contributed by atoms with E-state index in [1.807, 2.05) is 0 Å². The van der Waals surface area contributed by atoms with Gasteiger partial charge >= 0.3 is 0 Å². The number of allylic oxidation sites excluding steroid dienone is 3. The summed E-state index contributed by atoms with van der Waals surface area (Å²) in [6.07, 6.45) is 15.5. The number of benzene rings is 7. The van der Waals surface area contributed by atoms with E-state index in [1.54, 1.807) is 0 Å². The minimum absolute atomic E-state index is 0.311. The Labute approximate surface area is 283 Å². The molecule has 1 unspecified atom stereocenters. The van der Waals surface area contributed by atoms with E-state index in [0.717, 1.165) is 12.8 Å². The predicted octanol–water partition coefficient (Wildman–Crippen LogP) is 12.9. The van der Waals surface area contributed by atoms with Crippen LogP contribution in [0.1, 0.15) is 24.0 Å². The Kier molecular flexibility index (Phi) is 8.25. The van der Waals surface area contributed by atoms with Crippen LogP contribution in [0.3, 0.4) is 0 Å². The predicted molar refractivity (Wildman–Crippen MR) is 208 cm³/mol. The molecule has 0 amide bonds. The first-order valence-electron chi connectivity index (χ1n) is 16.9. The van der Waals surface area contributed by atoms with Gasteiger partial charge in [0.2, 0.25) is 0 Å². The van der Waals surface area contributed by atoms with Gasteiger partial charge in [0.05, 0.1) is 6.04 Å². The van der Waals surface area contributed by atoms with E-state index < -0.39 is 0 Å². The van der Waals surface area contributed by atoms with Crippen LogP contribution in [0, 0.1) is 0 Å². The van der Waals surface area contributed by atoms with Crippen LogP contribution in [0.25, 0.3) is 56.0 Å². The lowest BCUT2D eigenvalue weighted by Gasteiger charge is -2.32. The highest BCUT2D eigenvalue weighted by Crippen LogP contribution is 2.43. The van der Waals surface area contributed by atoms with Crippen LogP contribution in [0.4, 0.5) is 11.4 Å². The molecule has 0 saturated carbocycles. The van der Waals surface area contributed by atoms with Crippen LogP contribution in [0.5, 0.6) is 0 Å². The lowest BCUT2D eigenvalue weighted by Crippen LogP contribution is -2.29. The van der Waals surface area contributed by atoms with Gasteiger partial charge < -0.3 is 4.90 Å². The first-order chi connectivity index (χ1) is 23.8. The third-order valence-corrected chi connectivity index (χ3v) is 9.41. The van der Waals surface area contributed by atoms with Crippen molar-refractivity contribution in [3.63, 3.8) is 0 Å². The van der Waals surface area contributed by atoms with Crippen LogP contribution >= 0.6 is 0 Å². The smallest absolute Gasteiger partial charge is 0.0528 e. The summed E-state index contributed by atoms with van der Waals surface area (Å²) in [6, 6.07) is 57.4. The molecule has 1 atom stereocenters. The first-order valence-corrected chi connectivity index (χ1v) is 16.9. The van der Waals surface area contributed by atoms with Gasteiger partial charge in [-0.1, -0.05) is 170 Å². The zero-order chi connectivity index (χ0) is 32.1. The molecule has 8 rings (SSSR count). The zero-order valence-electron chi connectivity index (χ0n) is 26.9.